The zero-order chi connectivity index (χ0) is 19.8. The predicted octanol–water partition coefficient (Wildman–Crippen LogP) is 4.30. The number of unbranched alkanes of at least 4 members (excludes halogenated alkanes) is 1. The standard InChI is InChI=1S/C23H23N3O2S/c27-20(10-3-4-11-21-22-19(13-29-21)25-23(28)26-22)15-7-5-9-18-16(15)12-14-6-1-2-8-17(14)24-18/h1-2,5-9,12,19,21-22H,3-4,10-11,13H2,(H2,25,26,28)/t19-,21-,22-/m0/s1. The SMILES string of the molecule is O=C1N[C@H]2[C@H](CS[C@H]2CCCCC(=O)c2cccc3nc4ccccc4cc23)N1. The van der Waals surface area contributed by atoms with Crippen molar-refractivity contribution in [2.24, 2.45) is 0 Å². The van der Waals surface area contributed by atoms with E-state index >= 15 is 0 Å². The number of aromatic nitrogens is 1. The number of fused-ring (bicyclic) bond motifs is 3. The van der Waals surface area contributed by atoms with Crippen LogP contribution in [-0.4, -0.2) is 39.9 Å². The van der Waals surface area contributed by atoms with Crippen LogP contribution in [0.4, 0.5) is 4.79 Å². The Labute approximate surface area is 173 Å². The molecule has 2 aliphatic rings. The van der Waals surface area contributed by atoms with Gasteiger partial charge in [-0.3, -0.25) is 4.79 Å². The van der Waals surface area contributed by atoms with Crippen LogP contribution < -0.4 is 10.6 Å². The highest BCUT2D eigenvalue weighted by Gasteiger charge is 2.42. The second-order valence-corrected chi connectivity index (χ2v) is 9.12. The molecule has 0 radical (unpaired) electrons. The molecule has 5 rings (SSSR count). The van der Waals surface area contributed by atoms with Crippen molar-refractivity contribution >= 4 is 45.4 Å². The van der Waals surface area contributed by atoms with Gasteiger partial charge >= 0.3 is 6.03 Å². The Morgan fingerprint density at radius 3 is 2.86 bits per heavy atom. The van der Waals surface area contributed by atoms with Crippen LogP contribution >= 0.6 is 11.8 Å². The fraction of sp³-hybridized carbons (Fsp3) is 0.348. The maximum atomic E-state index is 12.9. The minimum atomic E-state index is -0.0439. The maximum Gasteiger partial charge on any atom is 0.315 e. The van der Waals surface area contributed by atoms with E-state index in [0.717, 1.165) is 52.4 Å². The lowest BCUT2D eigenvalue weighted by molar-refractivity contribution is 0.0980. The molecule has 0 spiro atoms. The third-order valence-electron chi connectivity index (χ3n) is 5.94. The van der Waals surface area contributed by atoms with Gasteiger partial charge < -0.3 is 10.6 Å². The highest BCUT2D eigenvalue weighted by molar-refractivity contribution is 8.00. The fourth-order valence-electron chi connectivity index (χ4n) is 4.45. The molecule has 1 aromatic heterocycles. The number of urea groups is 1. The summed E-state index contributed by atoms with van der Waals surface area (Å²) < 4.78 is 0. The number of nitrogens with one attached hydrogen (secondary N) is 2. The number of ketones is 1. The zero-order valence-electron chi connectivity index (χ0n) is 16.1. The van der Waals surface area contributed by atoms with Crippen LogP contribution in [0.2, 0.25) is 0 Å². The van der Waals surface area contributed by atoms with E-state index in [1.165, 1.54) is 0 Å². The van der Waals surface area contributed by atoms with E-state index in [9.17, 15) is 9.59 Å². The molecule has 2 aromatic carbocycles. The molecule has 2 N–H and O–H groups in total. The average Bonchev–Trinajstić information content (AvgIpc) is 3.28. The molecule has 0 unspecified atom stereocenters. The first-order valence-corrected chi connectivity index (χ1v) is 11.2. The van der Waals surface area contributed by atoms with Gasteiger partial charge in [0.25, 0.3) is 0 Å². The summed E-state index contributed by atoms with van der Waals surface area (Å²) in [7, 11) is 0. The van der Waals surface area contributed by atoms with Crippen LogP contribution in [-0.2, 0) is 0 Å². The third kappa shape index (κ3) is 3.57. The van der Waals surface area contributed by atoms with Crippen molar-refractivity contribution in [1.82, 2.24) is 15.6 Å². The lowest BCUT2D eigenvalue weighted by Gasteiger charge is -2.16. The van der Waals surface area contributed by atoms with E-state index in [1.54, 1.807) is 0 Å². The Bertz CT molecular complexity index is 1100. The van der Waals surface area contributed by atoms with Gasteiger partial charge in [0, 0.05) is 33.8 Å². The van der Waals surface area contributed by atoms with E-state index in [-0.39, 0.29) is 23.9 Å². The van der Waals surface area contributed by atoms with E-state index in [0.29, 0.717) is 11.7 Å². The summed E-state index contributed by atoms with van der Waals surface area (Å²) in [5, 5.41) is 8.44. The Balaban J connectivity index is 1.23. The number of benzene rings is 2. The fourth-order valence-corrected chi connectivity index (χ4v) is 5.99. The normalized spacial score (nSPS) is 23.2. The molecule has 3 aromatic rings. The molecule has 3 heterocycles. The molecule has 0 bridgehead atoms. The van der Waals surface area contributed by atoms with Crippen molar-refractivity contribution in [2.45, 2.75) is 43.0 Å². The summed E-state index contributed by atoms with van der Waals surface area (Å²) in [6.07, 6.45) is 3.44. The molecule has 0 saturated carbocycles. The Hall–Kier alpha value is -2.60. The highest BCUT2D eigenvalue weighted by Crippen LogP contribution is 2.33. The first-order valence-electron chi connectivity index (χ1n) is 10.2. The molecule has 0 aliphatic carbocycles. The van der Waals surface area contributed by atoms with Crippen LogP contribution in [0.15, 0.2) is 48.5 Å². The van der Waals surface area contributed by atoms with Gasteiger partial charge in [0.15, 0.2) is 5.78 Å². The number of nitrogens with zero attached hydrogens (tertiary/aromatic N) is 1. The van der Waals surface area contributed by atoms with Crippen molar-refractivity contribution < 1.29 is 9.59 Å². The number of carbonyl (C=O) groups is 2. The van der Waals surface area contributed by atoms with E-state index in [4.69, 9.17) is 4.98 Å². The Kier molecular flexibility index (Phi) is 4.87. The topological polar surface area (TPSA) is 71.1 Å². The zero-order valence-corrected chi connectivity index (χ0v) is 16.9. The maximum absolute atomic E-state index is 12.9. The van der Waals surface area contributed by atoms with Gasteiger partial charge in [0.2, 0.25) is 0 Å². The lowest BCUT2D eigenvalue weighted by Crippen LogP contribution is -2.36. The van der Waals surface area contributed by atoms with Crippen molar-refractivity contribution in [1.29, 1.82) is 0 Å². The third-order valence-corrected chi connectivity index (χ3v) is 7.45. The number of carbonyl (C=O) groups excluding carboxylic acids is 2. The summed E-state index contributed by atoms with van der Waals surface area (Å²) in [5.74, 6) is 1.16. The first-order chi connectivity index (χ1) is 14.2. The quantitative estimate of drug-likeness (QED) is 0.278. The van der Waals surface area contributed by atoms with E-state index in [1.807, 2.05) is 54.2 Å². The van der Waals surface area contributed by atoms with E-state index < -0.39 is 0 Å². The minimum absolute atomic E-state index is 0.0439. The van der Waals surface area contributed by atoms with Crippen molar-refractivity contribution in [3.05, 3.63) is 54.1 Å². The first kappa shape index (κ1) is 18.4. The van der Waals surface area contributed by atoms with Gasteiger partial charge in [-0.1, -0.05) is 36.8 Å². The highest BCUT2D eigenvalue weighted by atomic mass is 32.2. The molecule has 3 atom stereocenters. The predicted molar refractivity (Wildman–Crippen MR) is 118 cm³/mol. The van der Waals surface area contributed by atoms with Gasteiger partial charge in [-0.15, -0.1) is 0 Å². The Morgan fingerprint density at radius 1 is 1.07 bits per heavy atom. The molecule has 2 fully saturated rings. The molecular formula is C23H23N3O2S. The van der Waals surface area contributed by atoms with Crippen molar-refractivity contribution in [3.63, 3.8) is 0 Å². The molecule has 6 heteroatoms. The largest absolute Gasteiger partial charge is 0.332 e. The van der Waals surface area contributed by atoms with Crippen LogP contribution in [0.1, 0.15) is 36.0 Å². The lowest BCUT2D eigenvalue weighted by atomic mass is 9.98. The number of thioether (sulfide) groups is 1. The monoisotopic (exact) mass is 405 g/mol. The average molecular weight is 406 g/mol. The number of hydrogen-bond acceptors (Lipinski definition) is 4. The summed E-state index contributed by atoms with van der Waals surface area (Å²) in [4.78, 5) is 29.1. The van der Waals surface area contributed by atoms with Gasteiger partial charge in [0.05, 0.1) is 23.1 Å². The molecule has 2 amide bonds. The van der Waals surface area contributed by atoms with Crippen molar-refractivity contribution in [2.75, 3.05) is 5.75 Å². The Morgan fingerprint density at radius 2 is 1.93 bits per heavy atom. The summed E-state index contributed by atoms with van der Waals surface area (Å²) >= 11 is 1.92. The minimum Gasteiger partial charge on any atom is -0.332 e. The molecule has 2 aliphatic heterocycles. The van der Waals surface area contributed by atoms with Crippen LogP contribution in [0.3, 0.4) is 0 Å². The molecule has 2 saturated heterocycles. The summed E-state index contributed by atoms with van der Waals surface area (Å²) in [6, 6.07) is 16.3. The number of amides is 2. The molecular weight excluding hydrogens is 382 g/mol. The van der Waals surface area contributed by atoms with Crippen LogP contribution in [0, 0.1) is 0 Å². The van der Waals surface area contributed by atoms with Crippen LogP contribution in [0.25, 0.3) is 21.8 Å². The number of rotatable bonds is 6. The van der Waals surface area contributed by atoms with Gasteiger partial charge in [-0.2, -0.15) is 11.8 Å². The van der Waals surface area contributed by atoms with Gasteiger partial charge in [-0.05, 0) is 31.0 Å². The number of pyridine rings is 1. The number of hydrogen-bond donors (Lipinski definition) is 2. The number of Topliss-reactive ketones (excluding diaryl/α,β-unsaturated/α-hetero) is 1. The number of para-hydroxylation sites is 1. The molecule has 5 nitrogen and oxygen atoms in total. The van der Waals surface area contributed by atoms with Crippen molar-refractivity contribution in [3.8, 4) is 0 Å². The second kappa shape index (κ2) is 7.67. The van der Waals surface area contributed by atoms with Gasteiger partial charge in [-0.25, -0.2) is 9.78 Å². The van der Waals surface area contributed by atoms with E-state index in [2.05, 4.69) is 16.7 Å². The smallest absolute Gasteiger partial charge is 0.315 e. The second-order valence-electron chi connectivity index (χ2n) is 7.84. The van der Waals surface area contributed by atoms with Gasteiger partial charge in [0.1, 0.15) is 0 Å². The summed E-state index contributed by atoms with van der Waals surface area (Å²) in [6.45, 7) is 0. The summed E-state index contributed by atoms with van der Waals surface area (Å²) in [5.41, 5.74) is 2.58. The molecule has 29 heavy (non-hydrogen) atoms. The van der Waals surface area contributed by atoms with Crippen LogP contribution in [0.5, 0.6) is 0 Å². The molecule has 148 valence electrons.